The first-order valence-corrected chi connectivity index (χ1v) is 4.98. The third kappa shape index (κ3) is 2.27. The van der Waals surface area contributed by atoms with Gasteiger partial charge >= 0.3 is 0 Å². The molecule has 1 N–H and O–H groups in total. The van der Waals surface area contributed by atoms with Gasteiger partial charge in [-0.15, -0.1) is 0 Å². The molecule has 2 heteroatoms. The Bertz CT molecular complexity index is 395. The smallest absolute Gasteiger partial charge is 0.0366 e. The highest BCUT2D eigenvalue weighted by atomic mass is 15.1. The Morgan fingerprint density at radius 1 is 1.47 bits per heavy atom. The number of nitrogens with zero attached hydrogens (tertiary/aromatic N) is 1. The van der Waals surface area contributed by atoms with E-state index >= 15 is 0 Å². The van der Waals surface area contributed by atoms with Crippen molar-refractivity contribution in [2.45, 2.75) is 20.8 Å². The standard InChI is InChI=1S/C13H18N2/c1-9(7-14)6-13-10(2)8-15(5)12(4)11(13)3/h6-8,14H,4H2,1-3,5H3/b9-6+,14-7?. The first-order valence-electron chi connectivity index (χ1n) is 4.98. The molecule has 1 aliphatic heterocycles. The van der Waals surface area contributed by atoms with Gasteiger partial charge in [0.2, 0.25) is 0 Å². The molecule has 0 aromatic rings. The fourth-order valence-corrected chi connectivity index (χ4v) is 1.65. The van der Waals surface area contributed by atoms with Crippen molar-refractivity contribution in [3.63, 3.8) is 0 Å². The molecule has 0 amide bonds. The van der Waals surface area contributed by atoms with E-state index in [1.165, 1.54) is 22.9 Å². The van der Waals surface area contributed by atoms with Gasteiger partial charge in [-0.3, -0.25) is 0 Å². The fraction of sp³-hybridized carbons (Fsp3) is 0.308. The summed E-state index contributed by atoms with van der Waals surface area (Å²) >= 11 is 0. The summed E-state index contributed by atoms with van der Waals surface area (Å²) in [5, 5.41) is 7.18. The Hall–Kier alpha value is -1.57. The molecule has 0 aromatic heterocycles. The average molecular weight is 202 g/mol. The molecule has 0 spiro atoms. The summed E-state index contributed by atoms with van der Waals surface area (Å²) in [7, 11) is 2.00. The Morgan fingerprint density at radius 3 is 2.60 bits per heavy atom. The normalized spacial score (nSPS) is 18.1. The van der Waals surface area contributed by atoms with E-state index in [-0.39, 0.29) is 0 Å². The molecule has 1 aliphatic rings. The van der Waals surface area contributed by atoms with Crippen LogP contribution in [0, 0.1) is 5.41 Å². The molecule has 2 nitrogen and oxygen atoms in total. The Kier molecular flexibility index (Phi) is 3.30. The molecule has 0 saturated heterocycles. The monoisotopic (exact) mass is 202 g/mol. The van der Waals surface area contributed by atoms with Crippen molar-refractivity contribution in [3.8, 4) is 0 Å². The first kappa shape index (κ1) is 11.5. The van der Waals surface area contributed by atoms with Crippen LogP contribution in [0.4, 0.5) is 0 Å². The second-order valence-electron chi connectivity index (χ2n) is 3.94. The van der Waals surface area contributed by atoms with Gasteiger partial charge in [0.1, 0.15) is 0 Å². The van der Waals surface area contributed by atoms with Crippen molar-refractivity contribution < 1.29 is 0 Å². The molecule has 0 atom stereocenters. The Morgan fingerprint density at radius 2 is 2.07 bits per heavy atom. The van der Waals surface area contributed by atoms with Crippen LogP contribution in [0.15, 0.2) is 46.8 Å². The lowest BCUT2D eigenvalue weighted by Gasteiger charge is -2.26. The molecular weight excluding hydrogens is 184 g/mol. The molecule has 1 heterocycles. The van der Waals surface area contributed by atoms with E-state index < -0.39 is 0 Å². The number of nitrogens with one attached hydrogen (secondary N) is 1. The maximum absolute atomic E-state index is 7.18. The number of allylic oxidation sites excluding steroid dienone is 5. The van der Waals surface area contributed by atoms with E-state index in [4.69, 9.17) is 5.41 Å². The van der Waals surface area contributed by atoms with E-state index in [1.807, 2.05) is 24.9 Å². The van der Waals surface area contributed by atoms with Gasteiger partial charge in [-0.1, -0.05) is 6.58 Å². The molecule has 0 saturated carbocycles. The van der Waals surface area contributed by atoms with Crippen LogP contribution in [-0.2, 0) is 0 Å². The lowest BCUT2D eigenvalue weighted by atomic mass is 9.95. The molecule has 15 heavy (non-hydrogen) atoms. The first-order chi connectivity index (χ1) is 6.97. The van der Waals surface area contributed by atoms with Crippen LogP contribution in [0.1, 0.15) is 20.8 Å². The minimum Gasteiger partial charge on any atom is -0.351 e. The van der Waals surface area contributed by atoms with Crippen LogP contribution in [0.2, 0.25) is 0 Å². The van der Waals surface area contributed by atoms with Gasteiger partial charge in [-0.2, -0.15) is 0 Å². The third-order valence-corrected chi connectivity index (χ3v) is 2.67. The molecule has 1 rings (SSSR count). The van der Waals surface area contributed by atoms with Gasteiger partial charge < -0.3 is 10.3 Å². The Balaban J connectivity index is 3.22. The highest BCUT2D eigenvalue weighted by Crippen LogP contribution is 2.28. The minimum absolute atomic E-state index is 0.953. The maximum atomic E-state index is 7.18. The molecule has 0 aromatic carbocycles. The zero-order valence-electron chi connectivity index (χ0n) is 9.89. The van der Waals surface area contributed by atoms with Gasteiger partial charge in [-0.05, 0) is 49.1 Å². The molecule has 0 unspecified atom stereocenters. The zero-order chi connectivity index (χ0) is 11.6. The van der Waals surface area contributed by atoms with Gasteiger partial charge in [0.15, 0.2) is 0 Å². The quantitative estimate of drug-likeness (QED) is 0.684. The summed E-state index contributed by atoms with van der Waals surface area (Å²) in [6.07, 6.45) is 5.47. The summed E-state index contributed by atoms with van der Waals surface area (Å²) in [6.45, 7) is 10.1. The van der Waals surface area contributed by atoms with Crippen LogP contribution in [0.5, 0.6) is 0 Å². The van der Waals surface area contributed by atoms with Crippen LogP contribution >= 0.6 is 0 Å². The molecule has 0 bridgehead atoms. The van der Waals surface area contributed by atoms with E-state index in [1.54, 1.807) is 0 Å². The summed E-state index contributed by atoms with van der Waals surface area (Å²) in [6, 6.07) is 0. The van der Waals surface area contributed by atoms with Gasteiger partial charge in [-0.25, -0.2) is 0 Å². The van der Waals surface area contributed by atoms with Crippen LogP contribution in [-0.4, -0.2) is 18.2 Å². The van der Waals surface area contributed by atoms with Crippen molar-refractivity contribution in [2.75, 3.05) is 7.05 Å². The molecule has 0 fully saturated rings. The van der Waals surface area contributed by atoms with E-state index in [0.717, 1.165) is 11.3 Å². The summed E-state index contributed by atoms with van der Waals surface area (Å²) in [4.78, 5) is 2.03. The molecular formula is C13H18N2. The van der Waals surface area contributed by atoms with Crippen molar-refractivity contribution >= 4 is 6.21 Å². The van der Waals surface area contributed by atoms with Crippen LogP contribution in [0.3, 0.4) is 0 Å². The summed E-state index contributed by atoms with van der Waals surface area (Å²) in [5.74, 6) is 0. The van der Waals surface area contributed by atoms with Gasteiger partial charge in [0.25, 0.3) is 0 Å². The predicted molar refractivity (Wildman–Crippen MR) is 65.9 cm³/mol. The summed E-state index contributed by atoms with van der Waals surface area (Å²) in [5.41, 5.74) is 5.54. The van der Waals surface area contributed by atoms with E-state index in [2.05, 4.69) is 26.6 Å². The number of likely N-dealkylation sites (N-methyl/N-ethyl adjacent to an activating group) is 1. The van der Waals surface area contributed by atoms with Gasteiger partial charge in [0, 0.05) is 25.2 Å². The zero-order valence-corrected chi connectivity index (χ0v) is 9.89. The van der Waals surface area contributed by atoms with Crippen LogP contribution in [0.25, 0.3) is 0 Å². The number of hydrogen-bond acceptors (Lipinski definition) is 2. The highest BCUT2D eigenvalue weighted by Gasteiger charge is 2.14. The SMILES string of the molecule is C=C1C(C)=C(/C=C(\C)C=N)C(C)=CN1C. The van der Waals surface area contributed by atoms with Crippen LogP contribution < -0.4 is 0 Å². The second kappa shape index (κ2) is 4.30. The van der Waals surface area contributed by atoms with Crippen molar-refractivity contribution in [3.05, 3.63) is 46.8 Å². The van der Waals surface area contributed by atoms with E-state index in [9.17, 15) is 0 Å². The fourth-order valence-electron chi connectivity index (χ4n) is 1.65. The number of hydrogen-bond donors (Lipinski definition) is 1. The number of rotatable bonds is 2. The van der Waals surface area contributed by atoms with Crippen molar-refractivity contribution in [1.29, 1.82) is 5.41 Å². The molecule has 0 radical (unpaired) electrons. The van der Waals surface area contributed by atoms with Crippen molar-refractivity contribution in [1.82, 2.24) is 4.90 Å². The molecule has 80 valence electrons. The lowest BCUT2D eigenvalue weighted by molar-refractivity contribution is 0.567. The Labute approximate surface area is 91.8 Å². The predicted octanol–water partition coefficient (Wildman–Crippen LogP) is 3.26. The molecule has 0 aliphatic carbocycles. The minimum atomic E-state index is 0.953. The largest absolute Gasteiger partial charge is 0.351 e. The lowest BCUT2D eigenvalue weighted by Crippen LogP contribution is -2.16. The topological polar surface area (TPSA) is 27.1 Å². The summed E-state index contributed by atoms with van der Waals surface area (Å²) < 4.78 is 0. The highest BCUT2D eigenvalue weighted by molar-refractivity contribution is 5.76. The second-order valence-corrected chi connectivity index (χ2v) is 3.94. The van der Waals surface area contributed by atoms with Crippen molar-refractivity contribution in [2.24, 2.45) is 0 Å². The van der Waals surface area contributed by atoms with Gasteiger partial charge in [0.05, 0.1) is 0 Å². The van der Waals surface area contributed by atoms with E-state index in [0.29, 0.717) is 0 Å². The third-order valence-electron chi connectivity index (χ3n) is 2.67. The average Bonchev–Trinajstić information content (AvgIpc) is 2.21. The maximum Gasteiger partial charge on any atom is 0.0366 e.